The molecule has 0 spiro atoms. The SMILES string of the molecule is CCC(O)(CC)CN1C(=O)NC(C)(c2ccc(F)cc2Cl)C1=O. The lowest BCUT2D eigenvalue weighted by Gasteiger charge is -2.29. The van der Waals surface area contributed by atoms with Crippen LogP contribution in [-0.2, 0) is 10.3 Å². The standard InChI is InChI=1S/C16H20ClFN2O3/c1-4-16(23,5-2)9-20-13(21)15(3,19-14(20)22)11-7-6-10(18)8-12(11)17/h6-8,23H,4-5,9H2,1-3H3,(H,19,22). The summed E-state index contributed by atoms with van der Waals surface area (Å²) in [5.74, 6) is -1.04. The van der Waals surface area contributed by atoms with Crippen LogP contribution in [0.25, 0.3) is 0 Å². The third-order valence-corrected chi connectivity index (χ3v) is 4.83. The second-order valence-electron chi connectivity index (χ2n) is 6.00. The topological polar surface area (TPSA) is 69.6 Å². The molecule has 0 aliphatic carbocycles. The van der Waals surface area contributed by atoms with Crippen LogP contribution in [-0.4, -0.2) is 34.1 Å². The van der Waals surface area contributed by atoms with Crippen molar-refractivity contribution in [1.82, 2.24) is 10.2 Å². The van der Waals surface area contributed by atoms with Crippen LogP contribution >= 0.6 is 11.6 Å². The van der Waals surface area contributed by atoms with E-state index in [9.17, 15) is 19.1 Å². The molecule has 1 fully saturated rings. The molecule has 23 heavy (non-hydrogen) atoms. The summed E-state index contributed by atoms with van der Waals surface area (Å²) in [5.41, 5.74) is -2.20. The molecule has 2 rings (SSSR count). The smallest absolute Gasteiger partial charge is 0.325 e. The van der Waals surface area contributed by atoms with Gasteiger partial charge in [-0.25, -0.2) is 9.18 Å². The van der Waals surface area contributed by atoms with Crippen molar-refractivity contribution in [1.29, 1.82) is 0 Å². The van der Waals surface area contributed by atoms with E-state index in [1.165, 1.54) is 19.1 Å². The monoisotopic (exact) mass is 342 g/mol. The number of benzene rings is 1. The first kappa shape index (κ1) is 17.7. The van der Waals surface area contributed by atoms with Gasteiger partial charge in [0.2, 0.25) is 0 Å². The minimum atomic E-state index is -1.38. The van der Waals surface area contributed by atoms with Crippen LogP contribution in [0, 0.1) is 5.82 Å². The summed E-state index contributed by atoms with van der Waals surface area (Å²) in [5, 5.41) is 13.1. The van der Waals surface area contributed by atoms with E-state index in [4.69, 9.17) is 11.6 Å². The minimum Gasteiger partial charge on any atom is -0.388 e. The maximum absolute atomic E-state index is 13.2. The molecular weight excluding hydrogens is 323 g/mol. The number of nitrogens with one attached hydrogen (secondary N) is 1. The van der Waals surface area contributed by atoms with E-state index in [1.807, 2.05) is 0 Å². The molecule has 2 N–H and O–H groups in total. The summed E-state index contributed by atoms with van der Waals surface area (Å²) in [6.07, 6.45) is 0.823. The molecule has 1 saturated heterocycles. The van der Waals surface area contributed by atoms with Crippen molar-refractivity contribution in [2.24, 2.45) is 0 Å². The lowest BCUT2D eigenvalue weighted by molar-refractivity contribution is -0.133. The van der Waals surface area contributed by atoms with E-state index < -0.39 is 28.9 Å². The van der Waals surface area contributed by atoms with Crippen molar-refractivity contribution < 1.29 is 19.1 Å². The largest absolute Gasteiger partial charge is 0.388 e. The number of imide groups is 1. The number of amides is 3. The van der Waals surface area contributed by atoms with Gasteiger partial charge in [-0.2, -0.15) is 0 Å². The average Bonchev–Trinajstić information content (AvgIpc) is 2.71. The zero-order valence-corrected chi connectivity index (χ0v) is 14.1. The van der Waals surface area contributed by atoms with Gasteiger partial charge in [0.05, 0.1) is 12.1 Å². The van der Waals surface area contributed by atoms with E-state index in [0.717, 1.165) is 11.0 Å². The van der Waals surface area contributed by atoms with Crippen molar-refractivity contribution in [2.75, 3.05) is 6.54 Å². The third-order valence-electron chi connectivity index (χ3n) is 4.51. The Morgan fingerprint density at radius 3 is 2.48 bits per heavy atom. The maximum atomic E-state index is 13.2. The molecule has 5 nitrogen and oxygen atoms in total. The van der Waals surface area contributed by atoms with Gasteiger partial charge in [0.25, 0.3) is 5.91 Å². The van der Waals surface area contributed by atoms with Gasteiger partial charge in [-0.15, -0.1) is 0 Å². The first-order chi connectivity index (χ1) is 10.7. The second kappa shape index (κ2) is 6.09. The Hall–Kier alpha value is -1.66. The Balaban J connectivity index is 2.37. The summed E-state index contributed by atoms with van der Waals surface area (Å²) in [6.45, 7) is 5.00. The molecule has 0 saturated carbocycles. The minimum absolute atomic E-state index is 0.0595. The Kier molecular flexibility index (Phi) is 4.69. The average molecular weight is 343 g/mol. The van der Waals surface area contributed by atoms with Crippen LogP contribution in [0.3, 0.4) is 0 Å². The second-order valence-corrected chi connectivity index (χ2v) is 6.41. The Bertz CT molecular complexity index is 648. The molecule has 7 heteroatoms. The Morgan fingerprint density at radius 1 is 1.35 bits per heavy atom. The fourth-order valence-corrected chi connectivity index (χ4v) is 3.04. The molecule has 1 unspecified atom stereocenters. The van der Waals surface area contributed by atoms with E-state index in [-0.39, 0.29) is 11.6 Å². The summed E-state index contributed by atoms with van der Waals surface area (Å²) in [4.78, 5) is 26.0. The van der Waals surface area contributed by atoms with Gasteiger partial charge in [0, 0.05) is 10.6 Å². The van der Waals surface area contributed by atoms with E-state index in [0.29, 0.717) is 18.4 Å². The van der Waals surface area contributed by atoms with E-state index >= 15 is 0 Å². The first-order valence-corrected chi connectivity index (χ1v) is 7.86. The lowest BCUT2D eigenvalue weighted by atomic mass is 9.91. The molecule has 1 aliphatic rings. The number of carbonyl (C=O) groups is 2. The molecule has 1 heterocycles. The highest BCUT2D eigenvalue weighted by molar-refractivity contribution is 6.32. The number of urea groups is 1. The van der Waals surface area contributed by atoms with Gasteiger partial charge in [-0.1, -0.05) is 31.5 Å². The fraction of sp³-hybridized carbons (Fsp3) is 0.500. The molecular formula is C16H20ClFN2O3. The molecule has 0 radical (unpaired) electrons. The fourth-order valence-electron chi connectivity index (χ4n) is 2.69. The summed E-state index contributed by atoms with van der Waals surface area (Å²) < 4.78 is 13.2. The highest BCUT2D eigenvalue weighted by Gasteiger charge is 2.51. The molecule has 1 aliphatic heterocycles. The lowest BCUT2D eigenvalue weighted by Crippen LogP contribution is -2.46. The molecule has 1 atom stereocenters. The molecule has 1 aromatic carbocycles. The van der Waals surface area contributed by atoms with E-state index in [1.54, 1.807) is 13.8 Å². The van der Waals surface area contributed by atoms with Crippen LogP contribution < -0.4 is 5.32 Å². The van der Waals surface area contributed by atoms with Crippen LogP contribution in [0.15, 0.2) is 18.2 Å². The van der Waals surface area contributed by atoms with Crippen molar-refractivity contribution in [3.8, 4) is 0 Å². The predicted octanol–water partition coefficient (Wildman–Crippen LogP) is 2.80. The number of aliphatic hydroxyl groups is 1. The van der Waals surface area contributed by atoms with Crippen LogP contribution in [0.5, 0.6) is 0 Å². The molecule has 126 valence electrons. The number of β-amino-alcohol motifs (C(OH)–C–C–N with tert-alkyl or cyclic N) is 1. The van der Waals surface area contributed by atoms with Gasteiger partial charge in [0.15, 0.2) is 0 Å². The highest BCUT2D eigenvalue weighted by Crippen LogP contribution is 2.35. The molecule has 1 aromatic rings. The predicted molar refractivity (Wildman–Crippen MR) is 84.5 cm³/mol. The molecule has 3 amide bonds. The first-order valence-electron chi connectivity index (χ1n) is 7.49. The highest BCUT2D eigenvalue weighted by atomic mass is 35.5. The van der Waals surface area contributed by atoms with Gasteiger partial charge in [-0.3, -0.25) is 9.69 Å². The Morgan fingerprint density at radius 2 is 1.96 bits per heavy atom. The summed E-state index contributed by atoms with van der Waals surface area (Å²) >= 11 is 6.04. The van der Waals surface area contributed by atoms with Gasteiger partial charge in [-0.05, 0) is 31.9 Å². The normalized spacial score (nSPS) is 21.7. The molecule has 0 aromatic heterocycles. The number of halogens is 2. The third kappa shape index (κ3) is 3.05. The van der Waals surface area contributed by atoms with Crippen LogP contribution in [0.2, 0.25) is 5.02 Å². The number of rotatable bonds is 5. The van der Waals surface area contributed by atoms with Crippen molar-refractivity contribution in [3.63, 3.8) is 0 Å². The van der Waals surface area contributed by atoms with Gasteiger partial charge in [0.1, 0.15) is 11.4 Å². The quantitative estimate of drug-likeness (QED) is 0.808. The number of nitrogens with zero attached hydrogens (tertiary/aromatic N) is 1. The van der Waals surface area contributed by atoms with Crippen molar-refractivity contribution in [3.05, 3.63) is 34.6 Å². The van der Waals surface area contributed by atoms with E-state index in [2.05, 4.69) is 5.32 Å². The summed E-state index contributed by atoms with van der Waals surface area (Å²) in [6, 6.07) is 3.06. The van der Waals surface area contributed by atoms with Crippen LogP contribution in [0.4, 0.5) is 9.18 Å². The van der Waals surface area contributed by atoms with Crippen molar-refractivity contribution in [2.45, 2.75) is 44.8 Å². The zero-order valence-electron chi connectivity index (χ0n) is 13.3. The van der Waals surface area contributed by atoms with Crippen molar-refractivity contribution >= 4 is 23.5 Å². The molecule has 0 bridgehead atoms. The van der Waals surface area contributed by atoms with Gasteiger partial charge < -0.3 is 10.4 Å². The number of hydrogen-bond acceptors (Lipinski definition) is 3. The maximum Gasteiger partial charge on any atom is 0.325 e. The Labute approximate surface area is 139 Å². The number of carbonyl (C=O) groups excluding carboxylic acids is 2. The summed E-state index contributed by atoms with van der Waals surface area (Å²) in [7, 11) is 0. The van der Waals surface area contributed by atoms with Gasteiger partial charge >= 0.3 is 6.03 Å². The van der Waals surface area contributed by atoms with Crippen LogP contribution in [0.1, 0.15) is 39.2 Å². The zero-order chi connectivity index (χ0) is 17.4. The number of hydrogen-bond donors (Lipinski definition) is 2.